The Morgan fingerprint density at radius 3 is 2.82 bits per heavy atom. The molecule has 1 heterocycles. The minimum atomic E-state index is -0.388. The van der Waals surface area contributed by atoms with Crippen molar-refractivity contribution in [2.45, 2.75) is 26.8 Å². The lowest BCUT2D eigenvalue weighted by Crippen LogP contribution is -2.37. The van der Waals surface area contributed by atoms with Crippen LogP contribution in [0.15, 0.2) is 6.07 Å². The molecule has 0 aliphatic carbocycles. The average Bonchev–Trinajstić information content (AvgIpc) is 2.28. The summed E-state index contributed by atoms with van der Waals surface area (Å²) in [6.07, 6.45) is 0. The molecule has 17 heavy (non-hydrogen) atoms. The van der Waals surface area contributed by atoms with Gasteiger partial charge < -0.3 is 15.4 Å². The van der Waals surface area contributed by atoms with Crippen LogP contribution in [0.1, 0.15) is 19.5 Å². The molecule has 0 saturated carbocycles. The summed E-state index contributed by atoms with van der Waals surface area (Å²) in [4.78, 5) is 19.8. The number of nitrogens with one attached hydrogen (secondary N) is 2. The molecule has 6 heteroatoms. The summed E-state index contributed by atoms with van der Waals surface area (Å²) in [7, 11) is 1.54. The van der Waals surface area contributed by atoms with Gasteiger partial charge in [-0.3, -0.25) is 4.79 Å². The second kappa shape index (κ2) is 6.03. The van der Waals surface area contributed by atoms with Crippen LogP contribution >= 0.6 is 0 Å². The number of methoxy groups -OCH3 is 1. The number of ether oxygens (including phenoxy) is 1. The molecule has 0 aromatic carbocycles. The van der Waals surface area contributed by atoms with E-state index in [-0.39, 0.29) is 11.9 Å². The Bertz CT molecular complexity index is 395. The number of aromatic nitrogens is 2. The van der Waals surface area contributed by atoms with Gasteiger partial charge in [0.15, 0.2) is 0 Å². The maximum absolute atomic E-state index is 11.5. The monoisotopic (exact) mass is 238 g/mol. The second-order valence-corrected chi connectivity index (χ2v) is 3.64. The lowest BCUT2D eigenvalue weighted by molar-refractivity contribution is -0.121. The van der Waals surface area contributed by atoms with Crippen LogP contribution in [0.25, 0.3) is 0 Å². The first-order valence-electron chi connectivity index (χ1n) is 5.50. The van der Waals surface area contributed by atoms with Crippen molar-refractivity contribution in [1.82, 2.24) is 15.3 Å². The molecule has 0 spiro atoms. The fraction of sp³-hybridized carbons (Fsp3) is 0.545. The maximum Gasteiger partial charge on any atom is 0.242 e. The van der Waals surface area contributed by atoms with Crippen molar-refractivity contribution in [2.75, 3.05) is 19.0 Å². The summed E-state index contributed by atoms with van der Waals surface area (Å²) < 4.78 is 5.03. The van der Waals surface area contributed by atoms with Crippen molar-refractivity contribution in [1.29, 1.82) is 0 Å². The van der Waals surface area contributed by atoms with Gasteiger partial charge in [0.1, 0.15) is 6.04 Å². The topological polar surface area (TPSA) is 76.1 Å². The van der Waals surface area contributed by atoms with E-state index in [1.807, 2.05) is 13.8 Å². The summed E-state index contributed by atoms with van der Waals surface area (Å²) >= 11 is 0. The minimum absolute atomic E-state index is 0.0865. The first-order chi connectivity index (χ1) is 8.06. The third-order valence-corrected chi connectivity index (χ3v) is 2.13. The van der Waals surface area contributed by atoms with E-state index in [1.54, 1.807) is 20.1 Å². The molecule has 0 bridgehead atoms. The van der Waals surface area contributed by atoms with Gasteiger partial charge in [-0.2, -0.15) is 4.98 Å². The van der Waals surface area contributed by atoms with Gasteiger partial charge >= 0.3 is 0 Å². The highest BCUT2D eigenvalue weighted by molar-refractivity contribution is 5.83. The van der Waals surface area contributed by atoms with Crippen molar-refractivity contribution < 1.29 is 9.53 Å². The Balaban J connectivity index is 2.73. The number of carbonyl (C=O) groups is 1. The molecular weight excluding hydrogens is 220 g/mol. The summed E-state index contributed by atoms with van der Waals surface area (Å²) in [5, 5.41) is 5.65. The van der Waals surface area contributed by atoms with Crippen molar-refractivity contribution in [3.8, 4) is 5.88 Å². The third kappa shape index (κ3) is 3.90. The predicted molar refractivity (Wildman–Crippen MR) is 65.1 cm³/mol. The van der Waals surface area contributed by atoms with E-state index in [4.69, 9.17) is 4.74 Å². The number of carbonyl (C=O) groups excluding carboxylic acids is 1. The molecule has 94 valence electrons. The molecule has 2 N–H and O–H groups in total. The molecule has 0 radical (unpaired) electrons. The van der Waals surface area contributed by atoms with E-state index in [1.165, 1.54) is 0 Å². The van der Waals surface area contributed by atoms with Gasteiger partial charge in [-0.15, -0.1) is 0 Å². The van der Waals surface area contributed by atoms with Gasteiger partial charge in [-0.25, -0.2) is 4.98 Å². The van der Waals surface area contributed by atoms with Crippen LogP contribution < -0.4 is 15.4 Å². The highest BCUT2D eigenvalue weighted by atomic mass is 16.5. The van der Waals surface area contributed by atoms with Crippen LogP contribution in [0.3, 0.4) is 0 Å². The highest BCUT2D eigenvalue weighted by Crippen LogP contribution is 2.11. The number of hydrogen-bond acceptors (Lipinski definition) is 5. The summed E-state index contributed by atoms with van der Waals surface area (Å²) in [5.74, 6) is 0.778. The fourth-order valence-corrected chi connectivity index (χ4v) is 1.30. The molecule has 0 saturated heterocycles. The van der Waals surface area contributed by atoms with Crippen LogP contribution in [0.4, 0.5) is 5.95 Å². The molecule has 1 atom stereocenters. The normalized spacial score (nSPS) is 11.8. The largest absolute Gasteiger partial charge is 0.481 e. The molecule has 0 aliphatic rings. The number of aryl methyl sites for hydroxylation is 1. The molecule has 6 nitrogen and oxygen atoms in total. The lowest BCUT2D eigenvalue weighted by atomic mass is 10.3. The Morgan fingerprint density at radius 1 is 1.53 bits per heavy atom. The predicted octanol–water partition coefficient (Wildman–Crippen LogP) is 0.730. The smallest absolute Gasteiger partial charge is 0.242 e. The fourth-order valence-electron chi connectivity index (χ4n) is 1.30. The van der Waals surface area contributed by atoms with Crippen LogP contribution in [0.2, 0.25) is 0 Å². The van der Waals surface area contributed by atoms with Crippen LogP contribution in [-0.2, 0) is 4.79 Å². The molecule has 0 aliphatic heterocycles. The van der Waals surface area contributed by atoms with Crippen molar-refractivity contribution >= 4 is 11.9 Å². The van der Waals surface area contributed by atoms with Gasteiger partial charge in [0.2, 0.25) is 17.7 Å². The summed E-state index contributed by atoms with van der Waals surface area (Å²) in [5.41, 5.74) is 0.780. The Morgan fingerprint density at radius 2 is 2.24 bits per heavy atom. The quantitative estimate of drug-likeness (QED) is 0.791. The van der Waals surface area contributed by atoms with Gasteiger partial charge in [0, 0.05) is 18.3 Å². The summed E-state index contributed by atoms with van der Waals surface area (Å²) in [6.45, 7) is 6.06. The Hall–Kier alpha value is -1.85. The van der Waals surface area contributed by atoms with Gasteiger partial charge in [0.05, 0.1) is 7.11 Å². The number of amides is 1. The SMILES string of the molecule is CCNC(=O)C(C)Nc1nc(C)cc(OC)n1. The molecule has 1 aromatic rings. The first-order valence-corrected chi connectivity index (χ1v) is 5.50. The van der Waals surface area contributed by atoms with E-state index in [0.717, 1.165) is 5.69 Å². The number of anilines is 1. The molecule has 0 fully saturated rings. The Labute approximate surface area is 101 Å². The standard InChI is InChI=1S/C11H18N4O2/c1-5-12-10(16)8(3)14-11-13-7(2)6-9(15-11)17-4/h6,8H,5H2,1-4H3,(H,12,16)(H,13,14,15). The third-order valence-electron chi connectivity index (χ3n) is 2.13. The van der Waals surface area contributed by atoms with Crippen molar-refractivity contribution in [3.63, 3.8) is 0 Å². The zero-order valence-electron chi connectivity index (χ0n) is 10.6. The molecular formula is C11H18N4O2. The minimum Gasteiger partial charge on any atom is -0.481 e. The zero-order chi connectivity index (χ0) is 12.8. The highest BCUT2D eigenvalue weighted by Gasteiger charge is 2.13. The second-order valence-electron chi connectivity index (χ2n) is 3.64. The Kier molecular flexibility index (Phi) is 4.68. The lowest BCUT2D eigenvalue weighted by Gasteiger charge is -2.13. The van der Waals surface area contributed by atoms with Gasteiger partial charge in [-0.1, -0.05) is 0 Å². The zero-order valence-corrected chi connectivity index (χ0v) is 10.6. The van der Waals surface area contributed by atoms with Crippen LogP contribution in [-0.4, -0.2) is 35.6 Å². The number of nitrogens with zero attached hydrogens (tertiary/aromatic N) is 2. The summed E-state index contributed by atoms with van der Waals surface area (Å²) in [6, 6.07) is 1.34. The van der Waals surface area contributed by atoms with Gasteiger partial charge in [-0.05, 0) is 20.8 Å². The van der Waals surface area contributed by atoms with E-state index < -0.39 is 0 Å². The number of hydrogen-bond donors (Lipinski definition) is 2. The van der Waals surface area contributed by atoms with E-state index in [9.17, 15) is 4.79 Å². The number of rotatable bonds is 5. The molecule has 1 amide bonds. The van der Waals surface area contributed by atoms with Crippen LogP contribution in [0, 0.1) is 6.92 Å². The molecule has 1 unspecified atom stereocenters. The van der Waals surface area contributed by atoms with Crippen molar-refractivity contribution in [2.24, 2.45) is 0 Å². The van der Waals surface area contributed by atoms with Gasteiger partial charge in [0.25, 0.3) is 0 Å². The van der Waals surface area contributed by atoms with Crippen molar-refractivity contribution in [3.05, 3.63) is 11.8 Å². The average molecular weight is 238 g/mol. The number of likely N-dealkylation sites (N-methyl/N-ethyl adjacent to an activating group) is 1. The van der Waals surface area contributed by atoms with Crippen LogP contribution in [0.5, 0.6) is 5.88 Å². The first kappa shape index (κ1) is 13.2. The molecule has 1 aromatic heterocycles. The van der Waals surface area contributed by atoms with E-state index >= 15 is 0 Å². The molecule has 1 rings (SSSR count). The maximum atomic E-state index is 11.5. The van der Waals surface area contributed by atoms with E-state index in [2.05, 4.69) is 20.6 Å². The van der Waals surface area contributed by atoms with E-state index in [0.29, 0.717) is 18.4 Å².